The minimum absolute atomic E-state index is 0.149. The molecular weight excluding hydrogens is 162 g/mol. The van der Waals surface area contributed by atoms with Crippen molar-refractivity contribution in [2.24, 2.45) is 0 Å². The molecule has 0 aromatic carbocycles. The fourth-order valence-electron chi connectivity index (χ4n) is 1.25. The van der Waals surface area contributed by atoms with Gasteiger partial charge in [0.2, 0.25) is 0 Å². The van der Waals surface area contributed by atoms with Gasteiger partial charge in [-0.3, -0.25) is 0 Å². The van der Waals surface area contributed by atoms with Gasteiger partial charge < -0.3 is 4.90 Å². The number of nitrogens with zero attached hydrogens (tertiary/aromatic N) is 3. The molecule has 0 amide bonds. The second-order valence-corrected chi connectivity index (χ2v) is 2.89. The van der Waals surface area contributed by atoms with Crippen molar-refractivity contribution in [1.82, 2.24) is 4.90 Å². The third-order valence-corrected chi connectivity index (χ3v) is 1.94. The van der Waals surface area contributed by atoms with E-state index >= 15 is 0 Å². The Hall–Kier alpha value is -1.74. The van der Waals surface area contributed by atoms with E-state index in [1.165, 1.54) is 12.8 Å². The molecule has 0 atom stereocenters. The van der Waals surface area contributed by atoms with E-state index in [-0.39, 0.29) is 5.57 Å². The molecule has 0 radical (unpaired) electrons. The quantitative estimate of drug-likeness (QED) is 0.470. The number of hydrogen-bond donors (Lipinski definition) is 0. The Morgan fingerprint density at radius 2 is 1.77 bits per heavy atom. The Balaban J connectivity index is 2.45. The first-order chi connectivity index (χ1) is 6.36. The van der Waals surface area contributed by atoms with E-state index in [2.05, 4.69) is 4.90 Å². The van der Waals surface area contributed by atoms with E-state index in [0.717, 1.165) is 13.1 Å². The van der Waals surface area contributed by atoms with Crippen LogP contribution < -0.4 is 0 Å². The van der Waals surface area contributed by atoms with E-state index in [9.17, 15) is 0 Å². The summed E-state index contributed by atoms with van der Waals surface area (Å²) in [4.78, 5) is 2.18. The second-order valence-electron chi connectivity index (χ2n) is 2.89. The summed E-state index contributed by atoms with van der Waals surface area (Å²) >= 11 is 0. The normalized spacial score (nSPS) is 15.4. The van der Waals surface area contributed by atoms with Gasteiger partial charge in [-0.05, 0) is 31.2 Å². The predicted molar refractivity (Wildman–Crippen MR) is 49.3 cm³/mol. The number of allylic oxidation sites excluding steroid dienone is 3. The first-order valence-corrected chi connectivity index (χ1v) is 4.29. The Bertz CT molecular complexity index is 279. The highest BCUT2D eigenvalue weighted by Gasteiger charge is 2.05. The molecule has 0 spiro atoms. The lowest BCUT2D eigenvalue weighted by Gasteiger charge is -2.08. The van der Waals surface area contributed by atoms with Crippen molar-refractivity contribution in [2.75, 3.05) is 13.1 Å². The minimum atomic E-state index is 0.149. The highest BCUT2D eigenvalue weighted by molar-refractivity contribution is 5.37. The van der Waals surface area contributed by atoms with Crippen molar-refractivity contribution in [2.45, 2.75) is 12.8 Å². The fourth-order valence-corrected chi connectivity index (χ4v) is 1.25. The van der Waals surface area contributed by atoms with Gasteiger partial charge in [-0.1, -0.05) is 0 Å². The molecule has 0 unspecified atom stereocenters. The van der Waals surface area contributed by atoms with Gasteiger partial charge in [0.15, 0.2) is 0 Å². The van der Waals surface area contributed by atoms with Gasteiger partial charge in [-0.15, -0.1) is 0 Å². The van der Waals surface area contributed by atoms with Crippen LogP contribution in [0.4, 0.5) is 0 Å². The van der Waals surface area contributed by atoms with Crippen LogP contribution >= 0.6 is 0 Å². The summed E-state index contributed by atoms with van der Waals surface area (Å²) in [7, 11) is 0. The van der Waals surface area contributed by atoms with E-state index in [0.29, 0.717) is 0 Å². The number of nitriles is 2. The monoisotopic (exact) mass is 173 g/mol. The predicted octanol–water partition coefficient (Wildman–Crippen LogP) is 1.57. The molecule has 1 aliphatic rings. The van der Waals surface area contributed by atoms with E-state index < -0.39 is 0 Å². The van der Waals surface area contributed by atoms with Gasteiger partial charge in [0.25, 0.3) is 0 Å². The Labute approximate surface area is 78.2 Å². The molecule has 3 heteroatoms. The lowest BCUT2D eigenvalue weighted by molar-refractivity contribution is 0.468. The van der Waals surface area contributed by atoms with Crippen molar-refractivity contribution >= 4 is 0 Å². The molecule has 3 nitrogen and oxygen atoms in total. The molecule has 0 saturated carbocycles. The van der Waals surface area contributed by atoms with E-state index in [4.69, 9.17) is 10.5 Å². The highest BCUT2D eigenvalue weighted by atomic mass is 15.1. The van der Waals surface area contributed by atoms with Crippen LogP contribution in [-0.2, 0) is 0 Å². The molecule has 1 rings (SSSR count). The first kappa shape index (κ1) is 9.35. The molecule has 0 aliphatic carbocycles. The summed E-state index contributed by atoms with van der Waals surface area (Å²) in [6.07, 6.45) is 7.70. The Morgan fingerprint density at radius 3 is 2.31 bits per heavy atom. The molecule has 1 fully saturated rings. The van der Waals surface area contributed by atoms with Crippen molar-refractivity contribution < 1.29 is 0 Å². The van der Waals surface area contributed by atoms with Crippen molar-refractivity contribution in [1.29, 1.82) is 10.5 Å². The summed E-state index contributed by atoms with van der Waals surface area (Å²) in [5, 5.41) is 16.9. The minimum Gasteiger partial charge on any atom is -0.377 e. The Kier molecular flexibility index (Phi) is 3.60. The standard InChI is InChI=1S/C10H11N3/c11-8-10(9-12)4-3-7-13-5-1-2-6-13/h3-4,7H,1-2,5-6H2/b7-3+. The van der Waals surface area contributed by atoms with Gasteiger partial charge in [-0.2, -0.15) is 10.5 Å². The molecule has 1 saturated heterocycles. The van der Waals surface area contributed by atoms with Gasteiger partial charge in [0.05, 0.1) is 0 Å². The summed E-state index contributed by atoms with van der Waals surface area (Å²) in [5.41, 5.74) is 0.149. The zero-order valence-electron chi connectivity index (χ0n) is 7.40. The number of likely N-dealkylation sites (tertiary alicyclic amines) is 1. The molecule has 66 valence electrons. The summed E-state index contributed by atoms with van der Waals surface area (Å²) in [6, 6.07) is 3.61. The average Bonchev–Trinajstić information content (AvgIpc) is 2.65. The molecule has 13 heavy (non-hydrogen) atoms. The zero-order chi connectivity index (χ0) is 9.52. The van der Waals surface area contributed by atoms with E-state index in [1.54, 1.807) is 12.2 Å². The van der Waals surface area contributed by atoms with Crippen LogP contribution in [0.15, 0.2) is 23.9 Å². The van der Waals surface area contributed by atoms with Gasteiger partial charge >= 0.3 is 0 Å². The van der Waals surface area contributed by atoms with Crippen LogP contribution in [-0.4, -0.2) is 18.0 Å². The zero-order valence-corrected chi connectivity index (χ0v) is 7.40. The molecule has 1 heterocycles. The first-order valence-electron chi connectivity index (χ1n) is 4.29. The maximum Gasteiger partial charge on any atom is 0.129 e. The maximum absolute atomic E-state index is 8.43. The average molecular weight is 173 g/mol. The molecule has 0 aromatic heterocycles. The highest BCUT2D eigenvalue weighted by Crippen LogP contribution is 2.07. The van der Waals surface area contributed by atoms with Gasteiger partial charge in [0.1, 0.15) is 17.7 Å². The molecule has 1 aliphatic heterocycles. The maximum atomic E-state index is 8.43. The van der Waals surface area contributed by atoms with Gasteiger partial charge in [0, 0.05) is 13.1 Å². The molecule has 0 bridgehead atoms. The molecule has 0 N–H and O–H groups in total. The molecule has 0 aromatic rings. The third kappa shape index (κ3) is 3.01. The fraction of sp³-hybridized carbons (Fsp3) is 0.400. The van der Waals surface area contributed by atoms with Crippen LogP contribution in [0.1, 0.15) is 12.8 Å². The smallest absolute Gasteiger partial charge is 0.129 e. The topological polar surface area (TPSA) is 50.8 Å². The SMILES string of the molecule is N#CC(C#N)=C/C=C/N1CCCC1. The summed E-state index contributed by atoms with van der Waals surface area (Å²) < 4.78 is 0. The number of rotatable bonds is 2. The lowest BCUT2D eigenvalue weighted by atomic mass is 10.3. The van der Waals surface area contributed by atoms with Crippen LogP contribution in [0, 0.1) is 22.7 Å². The Morgan fingerprint density at radius 1 is 1.15 bits per heavy atom. The van der Waals surface area contributed by atoms with Crippen molar-refractivity contribution in [3.63, 3.8) is 0 Å². The third-order valence-electron chi connectivity index (χ3n) is 1.94. The lowest BCUT2D eigenvalue weighted by Crippen LogP contribution is -2.09. The van der Waals surface area contributed by atoms with Crippen molar-refractivity contribution in [3.8, 4) is 12.1 Å². The van der Waals surface area contributed by atoms with E-state index in [1.807, 2.05) is 18.3 Å². The van der Waals surface area contributed by atoms with Crippen LogP contribution in [0.2, 0.25) is 0 Å². The van der Waals surface area contributed by atoms with Crippen LogP contribution in [0.25, 0.3) is 0 Å². The molecular formula is C10H11N3. The van der Waals surface area contributed by atoms with Crippen molar-refractivity contribution in [3.05, 3.63) is 23.9 Å². The summed E-state index contributed by atoms with van der Waals surface area (Å²) in [5.74, 6) is 0. The number of hydrogen-bond acceptors (Lipinski definition) is 3. The second kappa shape index (κ2) is 5.00. The summed E-state index contributed by atoms with van der Waals surface area (Å²) in [6.45, 7) is 2.16. The van der Waals surface area contributed by atoms with Crippen LogP contribution in [0.3, 0.4) is 0 Å². The van der Waals surface area contributed by atoms with Gasteiger partial charge in [-0.25, -0.2) is 0 Å². The largest absolute Gasteiger partial charge is 0.377 e. The van der Waals surface area contributed by atoms with Crippen LogP contribution in [0.5, 0.6) is 0 Å².